The third-order valence-electron chi connectivity index (χ3n) is 3.73. The minimum atomic E-state index is 0.725. The lowest BCUT2D eigenvalue weighted by Gasteiger charge is -2.04. The third-order valence-corrected chi connectivity index (χ3v) is 3.73. The van der Waals surface area contributed by atoms with Crippen LogP contribution in [0.2, 0.25) is 0 Å². The number of anilines is 1. The standard InChI is InChI=1S/C19H18N2O/c1-3-21-17(12-9-14-7-5-4-6-8-14)19(20)16-11-10-15(22-2)13-18(16)21/h4-8,10-11,13H,3,20H2,1-2H3. The Morgan fingerprint density at radius 1 is 1.09 bits per heavy atom. The van der Waals surface area contributed by atoms with Crippen molar-refractivity contribution in [3.63, 3.8) is 0 Å². The Balaban J connectivity index is 2.17. The molecule has 2 aromatic carbocycles. The molecular weight excluding hydrogens is 272 g/mol. The summed E-state index contributed by atoms with van der Waals surface area (Å²) in [5, 5.41) is 1.01. The van der Waals surface area contributed by atoms with Crippen LogP contribution in [0, 0.1) is 11.8 Å². The molecule has 2 N–H and O–H groups in total. The molecule has 3 rings (SSSR count). The number of benzene rings is 2. The van der Waals surface area contributed by atoms with Crippen molar-refractivity contribution in [3.8, 4) is 17.6 Å². The summed E-state index contributed by atoms with van der Waals surface area (Å²) >= 11 is 0. The van der Waals surface area contributed by atoms with Gasteiger partial charge in [0.15, 0.2) is 0 Å². The van der Waals surface area contributed by atoms with E-state index in [1.54, 1.807) is 7.11 Å². The predicted molar refractivity (Wildman–Crippen MR) is 91.0 cm³/mol. The van der Waals surface area contributed by atoms with E-state index in [0.717, 1.165) is 40.1 Å². The van der Waals surface area contributed by atoms with Gasteiger partial charge in [0, 0.05) is 23.6 Å². The Morgan fingerprint density at radius 2 is 1.86 bits per heavy atom. The van der Waals surface area contributed by atoms with Crippen molar-refractivity contribution in [2.75, 3.05) is 12.8 Å². The molecule has 0 saturated heterocycles. The van der Waals surface area contributed by atoms with Crippen LogP contribution >= 0.6 is 0 Å². The number of fused-ring (bicyclic) bond motifs is 1. The van der Waals surface area contributed by atoms with Crippen LogP contribution in [0.15, 0.2) is 48.5 Å². The molecule has 0 bridgehead atoms. The van der Waals surface area contributed by atoms with Gasteiger partial charge in [-0.2, -0.15) is 0 Å². The highest BCUT2D eigenvalue weighted by Gasteiger charge is 2.13. The maximum absolute atomic E-state index is 6.31. The Hall–Kier alpha value is -2.86. The summed E-state index contributed by atoms with van der Waals surface area (Å²) in [6, 6.07) is 15.8. The van der Waals surface area contributed by atoms with Crippen LogP contribution in [0.25, 0.3) is 10.9 Å². The highest BCUT2D eigenvalue weighted by Crippen LogP contribution is 2.31. The zero-order valence-corrected chi connectivity index (χ0v) is 12.8. The molecular formula is C19H18N2O. The van der Waals surface area contributed by atoms with Gasteiger partial charge in [0.25, 0.3) is 0 Å². The number of hydrogen-bond acceptors (Lipinski definition) is 2. The molecule has 3 nitrogen and oxygen atoms in total. The first-order valence-corrected chi connectivity index (χ1v) is 7.27. The third kappa shape index (κ3) is 2.40. The molecule has 0 aliphatic carbocycles. The van der Waals surface area contributed by atoms with Crippen LogP contribution < -0.4 is 10.5 Å². The normalized spacial score (nSPS) is 10.3. The summed E-state index contributed by atoms with van der Waals surface area (Å²) in [6.07, 6.45) is 0. The van der Waals surface area contributed by atoms with Gasteiger partial charge in [0.2, 0.25) is 0 Å². The SMILES string of the molecule is CCn1c(C#Cc2ccccc2)c(N)c2ccc(OC)cc21. The number of methoxy groups -OCH3 is 1. The number of hydrogen-bond donors (Lipinski definition) is 1. The van der Waals surface area contributed by atoms with E-state index in [1.165, 1.54) is 0 Å². The minimum Gasteiger partial charge on any atom is -0.497 e. The number of nitrogens with zero attached hydrogens (tertiary/aromatic N) is 1. The smallest absolute Gasteiger partial charge is 0.120 e. The molecule has 1 aromatic heterocycles. The van der Waals surface area contributed by atoms with Crippen molar-refractivity contribution in [3.05, 3.63) is 59.8 Å². The number of rotatable bonds is 2. The first-order chi connectivity index (χ1) is 10.7. The second kappa shape index (κ2) is 5.87. The summed E-state index contributed by atoms with van der Waals surface area (Å²) < 4.78 is 7.44. The Morgan fingerprint density at radius 3 is 2.55 bits per heavy atom. The van der Waals surface area contributed by atoms with Gasteiger partial charge in [0.1, 0.15) is 11.4 Å². The van der Waals surface area contributed by atoms with E-state index in [-0.39, 0.29) is 0 Å². The summed E-state index contributed by atoms with van der Waals surface area (Å²) in [5.74, 6) is 7.23. The van der Waals surface area contributed by atoms with Crippen LogP contribution in [0.1, 0.15) is 18.2 Å². The van der Waals surface area contributed by atoms with Gasteiger partial charge in [-0.1, -0.05) is 24.1 Å². The van der Waals surface area contributed by atoms with Crippen molar-refractivity contribution in [1.82, 2.24) is 4.57 Å². The van der Waals surface area contributed by atoms with Gasteiger partial charge in [0.05, 0.1) is 18.3 Å². The highest BCUT2D eigenvalue weighted by molar-refractivity contribution is 5.96. The van der Waals surface area contributed by atoms with Crippen LogP contribution in [0.3, 0.4) is 0 Å². The van der Waals surface area contributed by atoms with Gasteiger partial charge in [-0.25, -0.2) is 0 Å². The largest absolute Gasteiger partial charge is 0.497 e. The molecule has 0 aliphatic rings. The van der Waals surface area contributed by atoms with E-state index in [2.05, 4.69) is 23.3 Å². The molecule has 0 unspecified atom stereocenters. The lowest BCUT2D eigenvalue weighted by atomic mass is 10.2. The van der Waals surface area contributed by atoms with Crippen molar-refractivity contribution >= 4 is 16.6 Å². The lowest BCUT2D eigenvalue weighted by Crippen LogP contribution is -1.99. The second-order valence-corrected chi connectivity index (χ2v) is 5.01. The van der Waals surface area contributed by atoms with Crippen LogP contribution in [-0.4, -0.2) is 11.7 Å². The molecule has 0 aliphatic heterocycles. The Bertz CT molecular complexity index is 867. The highest BCUT2D eigenvalue weighted by atomic mass is 16.5. The first-order valence-electron chi connectivity index (χ1n) is 7.27. The predicted octanol–water partition coefficient (Wildman–Crippen LogP) is 3.65. The zero-order valence-electron chi connectivity index (χ0n) is 12.8. The summed E-state index contributed by atoms with van der Waals surface area (Å²) in [6.45, 7) is 2.89. The fourth-order valence-corrected chi connectivity index (χ4v) is 2.60. The minimum absolute atomic E-state index is 0.725. The molecule has 0 atom stereocenters. The van der Waals surface area contributed by atoms with Gasteiger partial charge in [-0.3, -0.25) is 0 Å². The number of aryl methyl sites for hydroxylation is 1. The topological polar surface area (TPSA) is 40.2 Å². The summed E-state index contributed by atoms with van der Waals surface area (Å²) in [5.41, 5.74) is 9.92. The van der Waals surface area contributed by atoms with E-state index in [0.29, 0.717) is 0 Å². The molecule has 0 amide bonds. The Kier molecular flexibility index (Phi) is 3.76. The van der Waals surface area contributed by atoms with Crippen LogP contribution in [0.5, 0.6) is 5.75 Å². The van der Waals surface area contributed by atoms with Crippen molar-refractivity contribution in [1.29, 1.82) is 0 Å². The number of ether oxygens (including phenoxy) is 1. The molecule has 0 saturated carbocycles. The van der Waals surface area contributed by atoms with E-state index in [1.807, 2.05) is 48.5 Å². The van der Waals surface area contributed by atoms with Gasteiger partial charge in [-0.05, 0) is 37.1 Å². The molecule has 0 fully saturated rings. The van der Waals surface area contributed by atoms with Gasteiger partial charge in [-0.15, -0.1) is 0 Å². The molecule has 0 radical (unpaired) electrons. The monoisotopic (exact) mass is 290 g/mol. The van der Waals surface area contributed by atoms with Crippen LogP contribution in [0.4, 0.5) is 5.69 Å². The molecule has 22 heavy (non-hydrogen) atoms. The maximum atomic E-state index is 6.31. The lowest BCUT2D eigenvalue weighted by molar-refractivity contribution is 0.415. The Labute approximate surface area is 130 Å². The second-order valence-electron chi connectivity index (χ2n) is 5.01. The maximum Gasteiger partial charge on any atom is 0.120 e. The average Bonchev–Trinajstić information content (AvgIpc) is 2.84. The van der Waals surface area contributed by atoms with Crippen molar-refractivity contribution in [2.45, 2.75) is 13.5 Å². The number of nitrogens with two attached hydrogens (primary N) is 1. The fourth-order valence-electron chi connectivity index (χ4n) is 2.60. The fraction of sp³-hybridized carbons (Fsp3) is 0.158. The van der Waals surface area contributed by atoms with E-state index >= 15 is 0 Å². The van der Waals surface area contributed by atoms with Crippen molar-refractivity contribution in [2.24, 2.45) is 0 Å². The average molecular weight is 290 g/mol. The quantitative estimate of drug-likeness (QED) is 0.732. The first kappa shape index (κ1) is 14.1. The summed E-state index contributed by atoms with van der Waals surface area (Å²) in [4.78, 5) is 0. The number of nitrogen functional groups attached to an aromatic ring is 1. The molecule has 0 spiro atoms. The van der Waals surface area contributed by atoms with Crippen LogP contribution in [-0.2, 0) is 6.54 Å². The molecule has 3 heteroatoms. The molecule has 1 heterocycles. The van der Waals surface area contributed by atoms with E-state index in [9.17, 15) is 0 Å². The van der Waals surface area contributed by atoms with E-state index in [4.69, 9.17) is 10.5 Å². The van der Waals surface area contributed by atoms with E-state index < -0.39 is 0 Å². The zero-order chi connectivity index (χ0) is 15.5. The molecule has 3 aromatic rings. The summed E-state index contributed by atoms with van der Waals surface area (Å²) in [7, 11) is 1.67. The van der Waals surface area contributed by atoms with Crippen molar-refractivity contribution < 1.29 is 4.74 Å². The van der Waals surface area contributed by atoms with Gasteiger partial charge >= 0.3 is 0 Å². The molecule has 110 valence electrons. The number of aromatic nitrogens is 1. The van der Waals surface area contributed by atoms with Gasteiger partial charge < -0.3 is 15.0 Å².